The number of rotatable bonds is 18. The van der Waals surface area contributed by atoms with Gasteiger partial charge in [0.05, 0.1) is 39.1 Å². The highest BCUT2D eigenvalue weighted by atomic mass is 16.8. The van der Waals surface area contributed by atoms with Gasteiger partial charge in [-0.3, -0.25) is 14.4 Å². The van der Waals surface area contributed by atoms with E-state index in [0.29, 0.717) is 0 Å². The van der Waals surface area contributed by atoms with Crippen molar-refractivity contribution in [2.24, 2.45) is 0 Å². The van der Waals surface area contributed by atoms with Gasteiger partial charge in [0.25, 0.3) is 0 Å². The van der Waals surface area contributed by atoms with Crippen molar-refractivity contribution in [1.29, 1.82) is 0 Å². The maximum Gasteiger partial charge on any atom is 0.217 e. The van der Waals surface area contributed by atoms with E-state index in [1.54, 1.807) is 0 Å². The van der Waals surface area contributed by atoms with Crippen LogP contribution in [-0.2, 0) is 66.5 Å². The fourth-order valence-corrected chi connectivity index (χ4v) is 9.55. The molecule has 33 heteroatoms. The van der Waals surface area contributed by atoms with Crippen LogP contribution in [-0.4, -0.2) is 317 Å². The molecular weight excluding hydrogens is 1030 g/mol. The van der Waals surface area contributed by atoms with E-state index < -0.39 is 235 Å². The van der Waals surface area contributed by atoms with Crippen LogP contribution >= 0.6 is 0 Å². The lowest BCUT2D eigenvalue weighted by Crippen LogP contribution is -2.70. The van der Waals surface area contributed by atoms with E-state index >= 15 is 0 Å². The molecule has 6 aliphatic rings. The first-order chi connectivity index (χ1) is 35.4. The Morgan fingerprint density at radius 2 is 0.787 bits per heavy atom. The lowest BCUT2D eigenvalue weighted by Gasteiger charge is -2.49. The fourth-order valence-electron chi connectivity index (χ4n) is 9.55. The summed E-state index contributed by atoms with van der Waals surface area (Å²) < 4.78 is 63.3. The van der Waals surface area contributed by atoms with Gasteiger partial charge in [0.15, 0.2) is 37.7 Å². The monoisotopic (exact) mass is 1100 g/mol. The van der Waals surface area contributed by atoms with Crippen molar-refractivity contribution in [2.45, 2.75) is 212 Å². The SMILES string of the molecule is CC(=O)N[C@@H]1[C@@H](O[C@@H]2O[C@H](CO)[C@H](O)[C@H](O)[C@H]2O[C@@H]2O[C@@H](C)[C@@H](O)[C@@H](O)[C@@H]2O)[C@@H](O)[C@@H](CO[C@@H]2O[C@H](CO)[C@@H](O[C@@H]3O[C@H](CO)[C@H](O[C@H]4O[C@H](CO)[C@@H](O)[C@H](O)[C@H]4NC(C)=O)[C@H](O)[C@H]3O)[C@H](O)[C@H]2NC(C)=O)O[C@@H]1O. The molecule has 0 aromatic carbocycles. The summed E-state index contributed by atoms with van der Waals surface area (Å²) in [6.45, 7) is -0.0887. The van der Waals surface area contributed by atoms with Gasteiger partial charge in [-0.05, 0) is 6.92 Å². The van der Waals surface area contributed by atoms with Crippen molar-refractivity contribution < 1.29 is 148 Å². The average molecular weight is 1100 g/mol. The van der Waals surface area contributed by atoms with Crippen LogP contribution < -0.4 is 16.0 Å². The van der Waals surface area contributed by atoms with E-state index in [1.165, 1.54) is 6.92 Å². The molecule has 33 nitrogen and oxygen atoms in total. The smallest absolute Gasteiger partial charge is 0.217 e. The van der Waals surface area contributed by atoms with E-state index in [-0.39, 0.29) is 0 Å². The highest BCUT2D eigenvalue weighted by Gasteiger charge is 2.57. The van der Waals surface area contributed by atoms with Crippen LogP contribution in [0.2, 0.25) is 0 Å². The largest absolute Gasteiger partial charge is 0.394 e. The first kappa shape index (κ1) is 61.5. The van der Waals surface area contributed by atoms with Gasteiger partial charge in [0.2, 0.25) is 17.7 Å². The van der Waals surface area contributed by atoms with Gasteiger partial charge in [-0.25, -0.2) is 0 Å². The van der Waals surface area contributed by atoms with Crippen LogP contribution in [0, 0.1) is 0 Å². The minimum absolute atomic E-state index is 0.714. The van der Waals surface area contributed by atoms with Gasteiger partial charge in [-0.1, -0.05) is 0 Å². The average Bonchev–Trinajstić information content (AvgIpc) is 3.36. The number of aliphatic hydroxyl groups excluding tert-OH is 16. The van der Waals surface area contributed by atoms with Crippen molar-refractivity contribution in [3.05, 3.63) is 0 Å². The summed E-state index contributed by atoms with van der Waals surface area (Å²) in [5, 5.41) is 179. The Labute approximate surface area is 426 Å². The summed E-state index contributed by atoms with van der Waals surface area (Å²) in [5.74, 6) is -2.31. The molecule has 75 heavy (non-hydrogen) atoms. The molecule has 0 unspecified atom stereocenters. The second-order valence-corrected chi connectivity index (χ2v) is 19.0. The zero-order valence-electron chi connectivity index (χ0n) is 40.7. The number of carbonyl (C=O) groups is 3. The van der Waals surface area contributed by atoms with Gasteiger partial charge in [-0.2, -0.15) is 0 Å². The van der Waals surface area contributed by atoms with E-state index in [4.69, 9.17) is 52.1 Å². The zero-order valence-corrected chi connectivity index (χ0v) is 40.7. The molecule has 0 bridgehead atoms. The third-order valence-electron chi connectivity index (χ3n) is 13.6. The predicted molar refractivity (Wildman–Crippen MR) is 233 cm³/mol. The molecule has 0 saturated carbocycles. The van der Waals surface area contributed by atoms with Crippen molar-refractivity contribution in [1.82, 2.24) is 16.0 Å². The van der Waals surface area contributed by atoms with E-state index in [9.17, 15) is 96.1 Å². The van der Waals surface area contributed by atoms with Gasteiger partial charge in [0.1, 0.15) is 140 Å². The molecule has 6 heterocycles. The molecule has 0 aromatic rings. The van der Waals surface area contributed by atoms with Gasteiger partial charge >= 0.3 is 0 Å². The van der Waals surface area contributed by atoms with Crippen LogP contribution in [0.5, 0.6) is 0 Å². The highest BCUT2D eigenvalue weighted by molar-refractivity contribution is 5.74. The van der Waals surface area contributed by atoms with Crippen LogP contribution in [0.4, 0.5) is 0 Å². The number of ether oxygens (including phenoxy) is 11. The molecular formula is C42H71N3O30. The van der Waals surface area contributed by atoms with Crippen LogP contribution in [0.1, 0.15) is 27.7 Å². The Morgan fingerprint density at radius 1 is 0.373 bits per heavy atom. The second-order valence-electron chi connectivity index (χ2n) is 19.0. The van der Waals surface area contributed by atoms with Crippen LogP contribution in [0.15, 0.2) is 0 Å². The Bertz CT molecular complexity index is 1850. The number of amides is 3. The number of hydrogen-bond acceptors (Lipinski definition) is 30. The molecule has 6 rings (SSSR count). The molecule has 434 valence electrons. The van der Waals surface area contributed by atoms with E-state index in [1.807, 2.05) is 0 Å². The van der Waals surface area contributed by atoms with Crippen molar-refractivity contribution in [2.75, 3.05) is 33.0 Å². The quantitative estimate of drug-likeness (QED) is 0.0606. The Hall–Kier alpha value is -2.67. The molecule has 0 spiro atoms. The van der Waals surface area contributed by atoms with Crippen molar-refractivity contribution >= 4 is 17.7 Å². The summed E-state index contributed by atoms with van der Waals surface area (Å²) in [4.78, 5) is 36.9. The molecule has 6 aliphatic heterocycles. The minimum atomic E-state index is -2.13. The Morgan fingerprint density at radius 3 is 1.35 bits per heavy atom. The van der Waals surface area contributed by atoms with E-state index in [0.717, 1.165) is 20.8 Å². The Kier molecular flexibility index (Phi) is 21.8. The first-order valence-electron chi connectivity index (χ1n) is 23.9. The summed E-state index contributed by atoms with van der Waals surface area (Å²) in [7, 11) is 0. The summed E-state index contributed by atoms with van der Waals surface area (Å²) >= 11 is 0. The van der Waals surface area contributed by atoms with Gasteiger partial charge < -0.3 is 150 Å². The third-order valence-corrected chi connectivity index (χ3v) is 13.6. The lowest BCUT2D eigenvalue weighted by atomic mass is 9.94. The third kappa shape index (κ3) is 13.7. The maximum absolute atomic E-state index is 12.5. The molecule has 3 amide bonds. The summed E-state index contributed by atoms with van der Waals surface area (Å²) in [5.41, 5.74) is 0. The van der Waals surface area contributed by atoms with E-state index in [2.05, 4.69) is 16.0 Å². The van der Waals surface area contributed by atoms with Gasteiger partial charge in [0, 0.05) is 20.8 Å². The Balaban J connectivity index is 1.18. The molecule has 19 N–H and O–H groups in total. The van der Waals surface area contributed by atoms with Gasteiger partial charge in [-0.15, -0.1) is 0 Å². The number of carbonyl (C=O) groups excluding carboxylic acids is 3. The van der Waals surface area contributed by atoms with Crippen LogP contribution in [0.25, 0.3) is 0 Å². The lowest BCUT2D eigenvalue weighted by molar-refractivity contribution is -0.381. The molecule has 30 atom stereocenters. The molecule has 6 fully saturated rings. The molecule has 0 aliphatic carbocycles. The number of hydrogen-bond donors (Lipinski definition) is 19. The van der Waals surface area contributed by atoms with Crippen LogP contribution in [0.3, 0.4) is 0 Å². The summed E-state index contributed by atoms with van der Waals surface area (Å²) in [6, 6.07) is -4.85. The molecule has 0 aromatic heterocycles. The zero-order chi connectivity index (χ0) is 55.5. The van der Waals surface area contributed by atoms with Crippen molar-refractivity contribution in [3.63, 3.8) is 0 Å². The predicted octanol–water partition coefficient (Wildman–Crippen LogP) is -12.6. The highest BCUT2D eigenvalue weighted by Crippen LogP contribution is 2.36. The number of aliphatic hydroxyl groups is 16. The second kappa shape index (κ2) is 26.5. The normalized spacial score (nSPS) is 48.6. The topological polar surface area (TPSA) is 513 Å². The van der Waals surface area contributed by atoms with Crippen molar-refractivity contribution in [3.8, 4) is 0 Å². The molecule has 6 saturated heterocycles. The first-order valence-corrected chi connectivity index (χ1v) is 23.9. The fraction of sp³-hybridized carbons (Fsp3) is 0.929. The number of nitrogens with one attached hydrogen (secondary N) is 3. The minimum Gasteiger partial charge on any atom is -0.394 e. The standard InChI is InChI=1S/C42H71N3O30/c1-10-22(53)28(59)31(62)40(66-10)75-36-29(60)24(55)15(6-47)69-42(36)74-35-21(45-13(4)52)37(64)67-18(25(35)56)9-65-38-20(44-12(3)51)27(58)33(16(7-48)70-38)73-41-32(63)30(61)34(17(8-49)71-41)72-39-19(43-11(2)50)26(57)23(54)14(5-46)68-39/h10,14-42,46-49,53-64H,5-9H2,1-4H3,(H,43,50)(H,44,51)(H,45,52)/t10-,14+,15+,16+,17+,18+,19+,20+,21+,22+,23+,24-,25-,26+,27+,28+,29-,30+,31-,32+,33+,34-,35+,36+,37-,38+,39+,40-,41-,42-/m0/s1. The maximum atomic E-state index is 12.5. The summed E-state index contributed by atoms with van der Waals surface area (Å²) in [6.07, 6.45) is -48.8. The molecule has 0 radical (unpaired) electrons.